The SMILES string of the molecule is CCCCCCOCCC(C)CCS(=O)(=O)Cl. The van der Waals surface area contributed by atoms with Gasteiger partial charge in [0.2, 0.25) is 9.05 Å². The van der Waals surface area contributed by atoms with Crippen LogP contribution in [0.2, 0.25) is 0 Å². The molecule has 0 aliphatic carbocycles. The van der Waals surface area contributed by atoms with Gasteiger partial charge < -0.3 is 4.74 Å². The van der Waals surface area contributed by atoms with E-state index in [1.54, 1.807) is 0 Å². The van der Waals surface area contributed by atoms with Crippen LogP contribution in [0, 0.1) is 5.92 Å². The average molecular weight is 285 g/mol. The maximum atomic E-state index is 10.7. The van der Waals surface area contributed by atoms with E-state index in [9.17, 15) is 8.42 Å². The highest BCUT2D eigenvalue weighted by Gasteiger charge is 2.09. The predicted molar refractivity (Wildman–Crippen MR) is 73.0 cm³/mol. The lowest BCUT2D eigenvalue weighted by atomic mass is 10.1. The molecule has 17 heavy (non-hydrogen) atoms. The number of rotatable bonds is 11. The fraction of sp³-hybridized carbons (Fsp3) is 1.00. The van der Waals surface area contributed by atoms with Gasteiger partial charge in [-0.25, -0.2) is 8.42 Å². The van der Waals surface area contributed by atoms with E-state index in [1.165, 1.54) is 19.3 Å². The Labute approximate surface area is 110 Å². The summed E-state index contributed by atoms with van der Waals surface area (Å²) in [6, 6.07) is 0. The minimum Gasteiger partial charge on any atom is -0.381 e. The van der Waals surface area contributed by atoms with Gasteiger partial charge in [0.1, 0.15) is 0 Å². The third-order valence-electron chi connectivity index (χ3n) is 2.75. The minimum atomic E-state index is -3.33. The van der Waals surface area contributed by atoms with E-state index >= 15 is 0 Å². The zero-order valence-corrected chi connectivity index (χ0v) is 12.5. The monoisotopic (exact) mass is 284 g/mol. The van der Waals surface area contributed by atoms with Crippen LogP contribution in [-0.4, -0.2) is 27.4 Å². The Balaban J connectivity index is 3.30. The highest BCUT2D eigenvalue weighted by molar-refractivity contribution is 8.13. The summed E-state index contributed by atoms with van der Waals surface area (Å²) in [6.07, 6.45) is 6.39. The standard InChI is InChI=1S/C12H25ClO3S/c1-3-4-5-6-9-16-10-7-12(2)8-11-17(13,14)15/h12H,3-11H2,1-2H3. The van der Waals surface area contributed by atoms with Gasteiger partial charge in [-0.1, -0.05) is 33.1 Å². The Morgan fingerprint density at radius 3 is 2.41 bits per heavy atom. The fourth-order valence-corrected chi connectivity index (χ4v) is 2.45. The molecule has 0 aromatic heterocycles. The van der Waals surface area contributed by atoms with Crippen LogP contribution in [0.5, 0.6) is 0 Å². The highest BCUT2D eigenvalue weighted by Crippen LogP contribution is 2.11. The molecule has 0 aliphatic heterocycles. The van der Waals surface area contributed by atoms with Crippen LogP contribution in [-0.2, 0) is 13.8 Å². The number of hydrogen-bond donors (Lipinski definition) is 0. The summed E-state index contributed by atoms with van der Waals surface area (Å²) in [6.45, 7) is 5.76. The molecular weight excluding hydrogens is 260 g/mol. The Kier molecular flexibility index (Phi) is 10.3. The fourth-order valence-electron chi connectivity index (χ4n) is 1.50. The molecule has 0 N–H and O–H groups in total. The molecule has 0 aliphatic rings. The molecule has 0 saturated carbocycles. The molecule has 0 spiro atoms. The van der Waals surface area contributed by atoms with Crippen molar-refractivity contribution in [2.24, 2.45) is 5.92 Å². The Bertz CT molecular complexity index is 265. The zero-order chi connectivity index (χ0) is 13.1. The molecule has 5 heteroatoms. The second-order valence-corrected chi connectivity index (χ2v) is 7.50. The van der Waals surface area contributed by atoms with Crippen LogP contribution in [0.3, 0.4) is 0 Å². The van der Waals surface area contributed by atoms with Gasteiger partial charge in [-0.05, 0) is 25.2 Å². The third kappa shape index (κ3) is 14.1. The van der Waals surface area contributed by atoms with Crippen LogP contribution in [0.4, 0.5) is 0 Å². The maximum Gasteiger partial charge on any atom is 0.232 e. The number of ether oxygens (including phenoxy) is 1. The van der Waals surface area contributed by atoms with E-state index in [4.69, 9.17) is 15.4 Å². The molecular formula is C12H25ClO3S. The first kappa shape index (κ1) is 17.2. The minimum absolute atomic E-state index is 0.0617. The van der Waals surface area contributed by atoms with E-state index in [1.807, 2.05) is 6.92 Å². The molecule has 1 atom stereocenters. The molecule has 3 nitrogen and oxygen atoms in total. The van der Waals surface area contributed by atoms with E-state index in [2.05, 4.69) is 6.92 Å². The predicted octanol–water partition coefficient (Wildman–Crippen LogP) is 3.57. The summed E-state index contributed by atoms with van der Waals surface area (Å²) in [5.74, 6) is 0.408. The van der Waals surface area contributed by atoms with Crippen molar-refractivity contribution < 1.29 is 13.2 Å². The van der Waals surface area contributed by atoms with Crippen molar-refractivity contribution in [3.63, 3.8) is 0 Å². The van der Waals surface area contributed by atoms with Crippen LogP contribution in [0.25, 0.3) is 0 Å². The molecule has 0 bridgehead atoms. The van der Waals surface area contributed by atoms with Crippen LogP contribution in [0.15, 0.2) is 0 Å². The van der Waals surface area contributed by atoms with Crippen molar-refractivity contribution in [3.05, 3.63) is 0 Å². The molecule has 0 heterocycles. The molecule has 0 aromatic carbocycles. The Hall–Kier alpha value is 0.200. The van der Waals surface area contributed by atoms with Gasteiger partial charge in [0.15, 0.2) is 0 Å². The van der Waals surface area contributed by atoms with E-state index in [-0.39, 0.29) is 5.75 Å². The van der Waals surface area contributed by atoms with Crippen molar-refractivity contribution in [1.82, 2.24) is 0 Å². The lowest BCUT2D eigenvalue weighted by molar-refractivity contribution is 0.117. The van der Waals surface area contributed by atoms with E-state index in [0.717, 1.165) is 26.1 Å². The molecule has 0 amide bonds. The molecule has 0 aromatic rings. The molecule has 0 saturated heterocycles. The van der Waals surface area contributed by atoms with Crippen molar-refractivity contribution in [2.75, 3.05) is 19.0 Å². The van der Waals surface area contributed by atoms with Crippen molar-refractivity contribution >= 4 is 19.7 Å². The third-order valence-corrected chi connectivity index (χ3v) is 3.94. The van der Waals surface area contributed by atoms with Gasteiger partial charge in [-0.2, -0.15) is 0 Å². The zero-order valence-electron chi connectivity index (χ0n) is 11.0. The first-order chi connectivity index (χ1) is 7.95. The van der Waals surface area contributed by atoms with Crippen molar-refractivity contribution in [3.8, 4) is 0 Å². The first-order valence-electron chi connectivity index (χ1n) is 6.45. The summed E-state index contributed by atoms with van der Waals surface area (Å²) in [5.41, 5.74) is 0. The maximum absolute atomic E-state index is 10.7. The molecule has 0 fully saturated rings. The normalized spacial score (nSPS) is 13.8. The number of halogens is 1. The summed E-state index contributed by atoms with van der Waals surface area (Å²) >= 11 is 0. The lowest BCUT2D eigenvalue weighted by Gasteiger charge is -2.10. The van der Waals surface area contributed by atoms with Gasteiger partial charge >= 0.3 is 0 Å². The smallest absolute Gasteiger partial charge is 0.232 e. The van der Waals surface area contributed by atoms with Gasteiger partial charge in [0.25, 0.3) is 0 Å². The van der Waals surface area contributed by atoms with Crippen LogP contribution in [0.1, 0.15) is 52.4 Å². The van der Waals surface area contributed by atoms with E-state index in [0.29, 0.717) is 12.3 Å². The molecule has 104 valence electrons. The van der Waals surface area contributed by atoms with Gasteiger partial charge in [-0.15, -0.1) is 0 Å². The molecule has 0 radical (unpaired) electrons. The van der Waals surface area contributed by atoms with Crippen LogP contribution < -0.4 is 0 Å². The Morgan fingerprint density at radius 2 is 1.82 bits per heavy atom. The number of hydrogen-bond acceptors (Lipinski definition) is 3. The summed E-state index contributed by atoms with van der Waals surface area (Å²) in [5, 5.41) is 0. The number of unbranched alkanes of at least 4 members (excludes halogenated alkanes) is 3. The second kappa shape index (κ2) is 10.2. The van der Waals surface area contributed by atoms with E-state index < -0.39 is 9.05 Å². The quantitative estimate of drug-likeness (QED) is 0.430. The molecule has 1 unspecified atom stereocenters. The topological polar surface area (TPSA) is 43.4 Å². The van der Waals surface area contributed by atoms with Crippen LogP contribution >= 0.6 is 10.7 Å². The lowest BCUT2D eigenvalue weighted by Crippen LogP contribution is -2.07. The van der Waals surface area contributed by atoms with Gasteiger partial charge in [-0.3, -0.25) is 0 Å². The summed E-state index contributed by atoms with van der Waals surface area (Å²) in [7, 11) is 1.82. The highest BCUT2D eigenvalue weighted by atomic mass is 35.7. The largest absolute Gasteiger partial charge is 0.381 e. The van der Waals surface area contributed by atoms with Crippen molar-refractivity contribution in [1.29, 1.82) is 0 Å². The average Bonchev–Trinajstić information content (AvgIpc) is 2.24. The first-order valence-corrected chi connectivity index (χ1v) is 8.93. The molecule has 0 rings (SSSR count). The van der Waals surface area contributed by atoms with Gasteiger partial charge in [0, 0.05) is 23.9 Å². The second-order valence-electron chi connectivity index (χ2n) is 4.60. The summed E-state index contributed by atoms with van der Waals surface area (Å²) in [4.78, 5) is 0. The summed E-state index contributed by atoms with van der Waals surface area (Å²) < 4.78 is 27.0. The Morgan fingerprint density at radius 1 is 1.12 bits per heavy atom. The van der Waals surface area contributed by atoms with Crippen molar-refractivity contribution in [2.45, 2.75) is 52.4 Å². The van der Waals surface area contributed by atoms with Gasteiger partial charge in [0.05, 0.1) is 5.75 Å².